The first-order valence-electron chi connectivity index (χ1n) is 10.7. The summed E-state index contributed by atoms with van der Waals surface area (Å²) in [6.45, 7) is 16.2. The maximum atomic E-state index is 6.57. The molecule has 0 spiro atoms. The summed E-state index contributed by atoms with van der Waals surface area (Å²) in [6, 6.07) is 1.05. The Labute approximate surface area is 162 Å². The summed E-state index contributed by atoms with van der Waals surface area (Å²) in [5.74, 6) is 2.30. The second kappa shape index (κ2) is 9.71. The molecule has 3 nitrogen and oxygen atoms in total. The van der Waals surface area contributed by atoms with Gasteiger partial charge in [-0.15, -0.1) is 0 Å². The van der Waals surface area contributed by atoms with Gasteiger partial charge in [0.1, 0.15) is 0 Å². The van der Waals surface area contributed by atoms with Crippen LogP contribution in [-0.2, 0) is 13.3 Å². The second-order valence-corrected chi connectivity index (χ2v) is 15.5. The Kier molecular flexibility index (Phi) is 8.52. The Hall–Kier alpha value is 0.629. The standard InChI is InChI=1S/C12H23O3Si.2C4H9.Al/c1-5-16-13-9(2)6-12(7-10(3)14-16)8-11(4)15-16;2*1-4(2)3;/h9-12H,1,5-8H2,2-4H3;2*4H,1H2,2-3H3;. The van der Waals surface area contributed by atoms with E-state index in [-0.39, 0.29) is 18.3 Å². The third-order valence-electron chi connectivity index (χ3n) is 5.61. The van der Waals surface area contributed by atoms with Gasteiger partial charge in [-0.1, -0.05) is 55.4 Å². The van der Waals surface area contributed by atoms with Crippen LogP contribution in [0.2, 0.25) is 21.9 Å². The minimum absolute atomic E-state index is 0.284. The van der Waals surface area contributed by atoms with Crippen LogP contribution in [0.3, 0.4) is 0 Å². The molecule has 3 aliphatic rings. The molecule has 5 heteroatoms. The average molecular weight is 385 g/mol. The lowest BCUT2D eigenvalue weighted by Crippen LogP contribution is -2.55. The molecule has 0 aromatic rings. The molecule has 0 radical (unpaired) electrons. The van der Waals surface area contributed by atoms with Crippen molar-refractivity contribution in [2.45, 2.75) is 108 Å². The molecule has 3 atom stereocenters. The molecule has 0 N–H and O–H groups in total. The van der Waals surface area contributed by atoms with Gasteiger partial charge in [-0.3, -0.25) is 0 Å². The van der Waals surface area contributed by atoms with Gasteiger partial charge in [0, 0.05) is 24.4 Å². The van der Waals surface area contributed by atoms with Gasteiger partial charge in [0.25, 0.3) is 14.1 Å². The molecule has 25 heavy (non-hydrogen) atoms. The molecule has 3 fully saturated rings. The minimum atomic E-state index is -2.55. The Morgan fingerprint density at radius 1 is 0.800 bits per heavy atom. The average Bonchev–Trinajstić information content (AvgIpc) is 2.39. The van der Waals surface area contributed by atoms with E-state index in [9.17, 15) is 0 Å². The van der Waals surface area contributed by atoms with Crippen molar-refractivity contribution in [3.63, 3.8) is 0 Å². The number of fused-ring (bicyclic) bond motifs is 6. The monoisotopic (exact) mass is 384 g/mol. The fourth-order valence-corrected chi connectivity index (χ4v) is 14.1. The van der Waals surface area contributed by atoms with E-state index in [1.165, 1.54) is 35.1 Å². The SMILES string of the molecule is CC(C)[CH2][Al]([CH2]C[Si]12OC(C)CC(CC(C)O1)CC(C)O2)[CH2]C(C)C. The van der Waals surface area contributed by atoms with Gasteiger partial charge < -0.3 is 13.3 Å². The molecule has 0 aliphatic carbocycles. The molecule has 0 amide bonds. The van der Waals surface area contributed by atoms with Crippen LogP contribution in [0.25, 0.3) is 0 Å². The first-order chi connectivity index (χ1) is 11.7. The van der Waals surface area contributed by atoms with Crippen molar-refractivity contribution in [3.8, 4) is 0 Å². The molecule has 0 aromatic heterocycles. The van der Waals surface area contributed by atoms with Crippen LogP contribution >= 0.6 is 0 Å². The predicted octanol–water partition coefficient (Wildman–Crippen LogP) is 5.76. The molecule has 3 aliphatic heterocycles. The largest absolute Gasteiger partial charge is 0.500 e. The number of rotatable bonds is 7. The summed E-state index contributed by atoms with van der Waals surface area (Å²) in [5, 5.41) is 4.19. The molecule has 3 heterocycles. The Balaban J connectivity index is 2.10. The fraction of sp³-hybridized carbons (Fsp3) is 1.00. The summed E-state index contributed by atoms with van der Waals surface area (Å²) in [5.41, 5.74) is 0. The highest BCUT2D eigenvalue weighted by Crippen LogP contribution is 2.37. The fourth-order valence-electron chi connectivity index (χ4n) is 5.07. The lowest BCUT2D eigenvalue weighted by Gasteiger charge is -2.44. The highest BCUT2D eigenvalue weighted by atomic mass is 28.4. The summed E-state index contributed by atoms with van der Waals surface area (Å²) < 4.78 is 19.7. The third kappa shape index (κ3) is 7.28. The van der Waals surface area contributed by atoms with Gasteiger partial charge in [-0.2, -0.15) is 0 Å². The van der Waals surface area contributed by atoms with Gasteiger partial charge in [0.05, 0.1) is 0 Å². The van der Waals surface area contributed by atoms with Crippen molar-refractivity contribution in [1.29, 1.82) is 0 Å². The van der Waals surface area contributed by atoms with E-state index in [0.29, 0.717) is 5.92 Å². The highest BCUT2D eigenvalue weighted by Gasteiger charge is 2.49. The first-order valence-corrected chi connectivity index (χ1v) is 15.1. The van der Waals surface area contributed by atoms with E-state index in [4.69, 9.17) is 13.3 Å². The van der Waals surface area contributed by atoms with Crippen LogP contribution in [0, 0.1) is 17.8 Å². The zero-order valence-corrected chi connectivity index (χ0v) is 19.9. The van der Waals surface area contributed by atoms with Gasteiger partial charge in [0.15, 0.2) is 0 Å². The van der Waals surface area contributed by atoms with Crippen LogP contribution in [0.5, 0.6) is 0 Å². The van der Waals surface area contributed by atoms with Gasteiger partial charge in [-0.05, 0) is 46.0 Å². The zero-order valence-electron chi connectivity index (χ0n) is 17.7. The Morgan fingerprint density at radius 3 is 1.56 bits per heavy atom. The van der Waals surface area contributed by atoms with Crippen LogP contribution in [0.1, 0.15) is 67.7 Å². The third-order valence-corrected chi connectivity index (χ3v) is 13.7. The van der Waals surface area contributed by atoms with E-state index in [1.807, 2.05) is 0 Å². The van der Waals surface area contributed by atoms with Crippen LogP contribution in [0.15, 0.2) is 0 Å². The molecule has 146 valence electrons. The number of hydrogen-bond donors (Lipinski definition) is 0. The lowest BCUT2D eigenvalue weighted by atomic mass is 9.91. The normalized spacial score (nSPS) is 36.4. The van der Waals surface area contributed by atoms with E-state index in [2.05, 4.69) is 48.5 Å². The molecule has 2 bridgehead atoms. The zero-order chi connectivity index (χ0) is 18.6. The van der Waals surface area contributed by atoms with Crippen molar-refractivity contribution >= 4 is 23.0 Å². The van der Waals surface area contributed by atoms with Crippen LogP contribution in [-0.4, -0.2) is 41.3 Å². The lowest BCUT2D eigenvalue weighted by molar-refractivity contribution is -0.0646. The van der Waals surface area contributed by atoms with Crippen molar-refractivity contribution < 1.29 is 13.3 Å². The van der Waals surface area contributed by atoms with Crippen LogP contribution < -0.4 is 0 Å². The summed E-state index contributed by atoms with van der Waals surface area (Å²) >= 11 is -0.769. The van der Waals surface area contributed by atoms with Crippen LogP contribution in [0.4, 0.5) is 0 Å². The number of hydrogen-bond acceptors (Lipinski definition) is 3. The van der Waals surface area contributed by atoms with Gasteiger partial charge in [0.2, 0.25) is 0 Å². The Bertz CT molecular complexity index is 358. The Morgan fingerprint density at radius 2 is 1.20 bits per heavy atom. The quantitative estimate of drug-likeness (QED) is 0.522. The van der Waals surface area contributed by atoms with Crippen molar-refractivity contribution in [1.82, 2.24) is 0 Å². The van der Waals surface area contributed by atoms with Gasteiger partial charge in [-0.25, -0.2) is 0 Å². The maximum absolute atomic E-state index is 6.57. The van der Waals surface area contributed by atoms with E-state index < -0.39 is 23.0 Å². The second-order valence-electron chi connectivity index (χ2n) is 9.71. The van der Waals surface area contributed by atoms with Gasteiger partial charge >= 0.3 is 8.80 Å². The molecule has 0 aromatic carbocycles. The summed E-state index contributed by atoms with van der Waals surface area (Å²) in [7, 11) is -2.55. The topological polar surface area (TPSA) is 27.7 Å². The van der Waals surface area contributed by atoms with E-state index in [0.717, 1.165) is 17.9 Å². The first kappa shape index (κ1) is 21.9. The van der Waals surface area contributed by atoms with Crippen molar-refractivity contribution in [2.75, 3.05) is 0 Å². The maximum Gasteiger partial charge on any atom is 0.500 e. The minimum Gasteiger partial charge on any atom is -0.371 e. The van der Waals surface area contributed by atoms with E-state index in [1.54, 1.807) is 0 Å². The van der Waals surface area contributed by atoms with E-state index >= 15 is 0 Å². The summed E-state index contributed by atoms with van der Waals surface area (Å²) in [4.78, 5) is 0. The molecular formula is C20H41AlO3Si. The smallest absolute Gasteiger partial charge is 0.371 e. The van der Waals surface area contributed by atoms with Crippen molar-refractivity contribution in [2.24, 2.45) is 17.8 Å². The highest BCUT2D eigenvalue weighted by molar-refractivity contribution is 6.65. The molecule has 3 saturated heterocycles. The van der Waals surface area contributed by atoms with Crippen molar-refractivity contribution in [3.05, 3.63) is 0 Å². The molecule has 0 saturated carbocycles. The molecular weight excluding hydrogens is 343 g/mol. The molecule has 3 rings (SSSR count). The molecule has 3 unspecified atom stereocenters. The predicted molar refractivity (Wildman–Crippen MR) is 109 cm³/mol. The summed E-state index contributed by atoms with van der Waals surface area (Å²) in [6.07, 6.45) is 4.38.